The second kappa shape index (κ2) is 8.25. The molecule has 21 heavy (non-hydrogen) atoms. The van der Waals surface area contributed by atoms with Crippen molar-refractivity contribution in [2.45, 2.75) is 25.8 Å². The van der Waals surface area contributed by atoms with E-state index in [1.807, 2.05) is 13.1 Å². The molecule has 1 N–H and O–H groups in total. The summed E-state index contributed by atoms with van der Waals surface area (Å²) in [6.45, 7) is 7.98. The molecule has 0 aromatic heterocycles. The molecule has 0 saturated carbocycles. The van der Waals surface area contributed by atoms with Crippen LogP contribution in [0.5, 0.6) is 5.75 Å². The van der Waals surface area contributed by atoms with E-state index < -0.39 is 0 Å². The molecule has 4 heteroatoms. The summed E-state index contributed by atoms with van der Waals surface area (Å²) >= 11 is 0. The van der Waals surface area contributed by atoms with Crippen LogP contribution in [0.25, 0.3) is 0 Å². The van der Waals surface area contributed by atoms with Gasteiger partial charge in [-0.2, -0.15) is 0 Å². The van der Waals surface area contributed by atoms with Crippen molar-refractivity contribution < 1.29 is 4.74 Å². The third kappa shape index (κ3) is 4.61. The van der Waals surface area contributed by atoms with Crippen LogP contribution < -0.4 is 15.0 Å². The molecule has 2 rings (SSSR count). The van der Waals surface area contributed by atoms with E-state index in [0.717, 1.165) is 38.5 Å². The zero-order chi connectivity index (χ0) is 15.1. The highest BCUT2D eigenvalue weighted by atomic mass is 16.5. The normalized spacial score (nSPS) is 17.8. The average molecular weight is 291 g/mol. The lowest BCUT2D eigenvalue weighted by Crippen LogP contribution is -2.49. The number of benzene rings is 1. The van der Waals surface area contributed by atoms with Gasteiger partial charge in [-0.1, -0.05) is 6.07 Å². The lowest BCUT2D eigenvalue weighted by Gasteiger charge is -2.39. The van der Waals surface area contributed by atoms with E-state index in [0.29, 0.717) is 6.04 Å². The molecule has 0 radical (unpaired) electrons. The van der Waals surface area contributed by atoms with Crippen molar-refractivity contribution in [1.82, 2.24) is 10.2 Å². The van der Waals surface area contributed by atoms with E-state index in [9.17, 15) is 0 Å². The molecule has 1 heterocycles. The van der Waals surface area contributed by atoms with Crippen molar-refractivity contribution in [3.05, 3.63) is 24.3 Å². The fraction of sp³-hybridized carbons (Fsp3) is 0.647. The molecule has 0 aliphatic carbocycles. The molecule has 0 spiro atoms. The van der Waals surface area contributed by atoms with E-state index in [1.54, 1.807) is 7.11 Å². The molecule has 118 valence electrons. The number of piperazine rings is 1. The van der Waals surface area contributed by atoms with E-state index in [-0.39, 0.29) is 0 Å². The fourth-order valence-electron chi connectivity index (χ4n) is 2.98. The summed E-state index contributed by atoms with van der Waals surface area (Å²) in [6.07, 6.45) is 2.54. The maximum atomic E-state index is 5.32. The second-order valence-electron chi connectivity index (χ2n) is 5.82. The van der Waals surface area contributed by atoms with Crippen molar-refractivity contribution in [2.24, 2.45) is 0 Å². The third-order valence-electron chi connectivity index (χ3n) is 4.40. The Morgan fingerprint density at radius 3 is 2.67 bits per heavy atom. The maximum Gasteiger partial charge on any atom is 0.120 e. The van der Waals surface area contributed by atoms with Crippen LogP contribution in [0.15, 0.2) is 24.3 Å². The van der Waals surface area contributed by atoms with Gasteiger partial charge in [0.2, 0.25) is 0 Å². The highest BCUT2D eigenvalue weighted by Crippen LogP contribution is 2.22. The predicted octanol–water partition coefficient (Wildman–Crippen LogP) is 2.21. The summed E-state index contributed by atoms with van der Waals surface area (Å²) < 4.78 is 5.32. The van der Waals surface area contributed by atoms with E-state index in [4.69, 9.17) is 4.74 Å². The Morgan fingerprint density at radius 1 is 1.24 bits per heavy atom. The second-order valence-corrected chi connectivity index (χ2v) is 5.82. The molecule has 1 atom stereocenters. The molecule has 1 fully saturated rings. The van der Waals surface area contributed by atoms with Gasteiger partial charge in [-0.3, -0.25) is 4.90 Å². The highest BCUT2D eigenvalue weighted by molar-refractivity contribution is 5.51. The van der Waals surface area contributed by atoms with E-state index in [1.165, 1.54) is 18.5 Å². The Hall–Kier alpha value is -1.26. The van der Waals surface area contributed by atoms with Crippen LogP contribution in [-0.4, -0.2) is 57.8 Å². The number of hydrogen-bond donors (Lipinski definition) is 1. The van der Waals surface area contributed by atoms with Crippen LogP contribution >= 0.6 is 0 Å². The van der Waals surface area contributed by atoms with E-state index >= 15 is 0 Å². The number of rotatable bonds is 7. The van der Waals surface area contributed by atoms with Gasteiger partial charge in [0.05, 0.1) is 7.11 Å². The maximum absolute atomic E-state index is 5.32. The van der Waals surface area contributed by atoms with Crippen LogP contribution in [0, 0.1) is 0 Å². The number of ether oxygens (including phenoxy) is 1. The molecule has 0 bridgehead atoms. The van der Waals surface area contributed by atoms with Gasteiger partial charge < -0.3 is 15.0 Å². The number of nitrogens with one attached hydrogen (secondary N) is 1. The number of anilines is 1. The summed E-state index contributed by atoms with van der Waals surface area (Å²) in [7, 11) is 3.75. The minimum absolute atomic E-state index is 0.686. The monoisotopic (exact) mass is 291 g/mol. The molecule has 1 unspecified atom stereocenters. The van der Waals surface area contributed by atoms with Gasteiger partial charge in [-0.15, -0.1) is 0 Å². The molecule has 1 aliphatic rings. The number of methoxy groups -OCH3 is 1. The fourth-order valence-corrected chi connectivity index (χ4v) is 2.98. The first-order valence-corrected chi connectivity index (χ1v) is 8.02. The summed E-state index contributed by atoms with van der Waals surface area (Å²) in [5.41, 5.74) is 1.27. The van der Waals surface area contributed by atoms with Crippen molar-refractivity contribution in [2.75, 3.05) is 51.8 Å². The van der Waals surface area contributed by atoms with Gasteiger partial charge in [0.1, 0.15) is 5.75 Å². The molecule has 1 aliphatic heterocycles. The Kier molecular flexibility index (Phi) is 6.33. The van der Waals surface area contributed by atoms with Gasteiger partial charge in [0, 0.05) is 44.0 Å². The van der Waals surface area contributed by atoms with Gasteiger partial charge >= 0.3 is 0 Å². The highest BCUT2D eigenvalue weighted by Gasteiger charge is 2.21. The molecule has 1 aromatic carbocycles. The summed E-state index contributed by atoms with van der Waals surface area (Å²) in [5, 5.41) is 3.23. The lowest BCUT2D eigenvalue weighted by atomic mass is 10.1. The smallest absolute Gasteiger partial charge is 0.120 e. The Labute approximate surface area is 129 Å². The number of hydrogen-bond acceptors (Lipinski definition) is 4. The quantitative estimate of drug-likeness (QED) is 0.780. The van der Waals surface area contributed by atoms with Crippen molar-refractivity contribution in [1.29, 1.82) is 0 Å². The first kappa shape index (κ1) is 16.1. The Bertz CT molecular complexity index is 416. The van der Waals surface area contributed by atoms with Gasteiger partial charge in [-0.25, -0.2) is 0 Å². The minimum atomic E-state index is 0.686. The van der Waals surface area contributed by atoms with E-state index in [2.05, 4.69) is 40.2 Å². The lowest BCUT2D eigenvalue weighted by molar-refractivity contribution is 0.186. The van der Waals surface area contributed by atoms with Crippen molar-refractivity contribution in [3.63, 3.8) is 0 Å². The first-order valence-electron chi connectivity index (χ1n) is 8.02. The SMILES string of the molecule is CNCCCC(C)N1CCN(c2cccc(OC)c2)CC1. The average Bonchev–Trinajstić information content (AvgIpc) is 2.55. The largest absolute Gasteiger partial charge is 0.497 e. The molecule has 0 amide bonds. The topological polar surface area (TPSA) is 27.7 Å². The number of nitrogens with zero attached hydrogens (tertiary/aromatic N) is 2. The van der Waals surface area contributed by atoms with Crippen molar-refractivity contribution >= 4 is 5.69 Å². The molecule has 1 aromatic rings. The zero-order valence-corrected chi connectivity index (χ0v) is 13.6. The summed E-state index contributed by atoms with van der Waals surface area (Å²) in [5.74, 6) is 0.940. The molecule has 1 saturated heterocycles. The van der Waals surface area contributed by atoms with Crippen LogP contribution in [0.3, 0.4) is 0 Å². The standard InChI is InChI=1S/C17H29N3O/c1-15(6-5-9-18-2)19-10-12-20(13-11-19)16-7-4-8-17(14-16)21-3/h4,7-8,14-15,18H,5-6,9-13H2,1-3H3. The molecular formula is C17H29N3O. The summed E-state index contributed by atoms with van der Waals surface area (Å²) in [4.78, 5) is 5.08. The Balaban J connectivity index is 1.82. The van der Waals surface area contributed by atoms with Gasteiger partial charge in [-0.05, 0) is 45.5 Å². The summed E-state index contributed by atoms with van der Waals surface area (Å²) in [6, 6.07) is 9.07. The first-order chi connectivity index (χ1) is 10.2. The van der Waals surface area contributed by atoms with Crippen LogP contribution in [0.1, 0.15) is 19.8 Å². The Morgan fingerprint density at radius 2 is 2.00 bits per heavy atom. The van der Waals surface area contributed by atoms with Crippen LogP contribution in [0.4, 0.5) is 5.69 Å². The van der Waals surface area contributed by atoms with Crippen molar-refractivity contribution in [3.8, 4) is 5.75 Å². The minimum Gasteiger partial charge on any atom is -0.497 e. The third-order valence-corrected chi connectivity index (χ3v) is 4.40. The van der Waals surface area contributed by atoms with Crippen LogP contribution in [0.2, 0.25) is 0 Å². The molecular weight excluding hydrogens is 262 g/mol. The predicted molar refractivity (Wildman–Crippen MR) is 89.4 cm³/mol. The van der Waals surface area contributed by atoms with Crippen LogP contribution in [-0.2, 0) is 0 Å². The molecule has 4 nitrogen and oxygen atoms in total. The van der Waals surface area contributed by atoms with Gasteiger partial charge in [0.25, 0.3) is 0 Å². The van der Waals surface area contributed by atoms with Gasteiger partial charge in [0.15, 0.2) is 0 Å². The zero-order valence-electron chi connectivity index (χ0n) is 13.6.